The lowest BCUT2D eigenvalue weighted by molar-refractivity contribution is 0.0185. The number of benzene rings is 2. The lowest BCUT2D eigenvalue weighted by Crippen LogP contribution is -2.35. The molecular weight excluding hydrogens is 348 g/mol. The number of hydrogen-bond acceptors (Lipinski definition) is 5. The Balaban J connectivity index is 1.55. The number of H-pyrrole nitrogens is 1. The Labute approximate surface area is 155 Å². The molecule has 7 nitrogen and oxygen atoms in total. The molecule has 0 saturated heterocycles. The fourth-order valence-electron chi connectivity index (χ4n) is 2.66. The maximum atomic E-state index is 11.7. The number of aromatic amines is 1. The van der Waals surface area contributed by atoms with Gasteiger partial charge in [-0.05, 0) is 28.0 Å². The topological polar surface area (TPSA) is 112 Å². The lowest BCUT2D eigenvalue weighted by Gasteiger charge is -2.19. The van der Waals surface area contributed by atoms with Crippen LogP contribution in [0, 0.1) is 0 Å². The smallest absolute Gasteiger partial charge is 0.407 e. The first-order valence-corrected chi connectivity index (χ1v) is 8.46. The summed E-state index contributed by atoms with van der Waals surface area (Å²) in [5, 5.41) is 24.3. The molecule has 3 aromatic rings. The number of rotatable bonds is 6. The number of hydrogen-bond donors (Lipinski definition) is 4. The number of aliphatic hydroxyl groups is 2. The van der Waals surface area contributed by atoms with Crippen LogP contribution in [0.1, 0.15) is 17.2 Å². The van der Waals surface area contributed by atoms with Gasteiger partial charge < -0.3 is 25.3 Å². The molecule has 1 aromatic heterocycles. The minimum absolute atomic E-state index is 0.116. The Morgan fingerprint density at radius 1 is 1.07 bits per heavy atom. The number of nitrogens with one attached hydrogen (secondary N) is 2. The van der Waals surface area contributed by atoms with E-state index in [1.165, 1.54) is 6.07 Å². The molecule has 2 unspecified atom stereocenters. The molecule has 27 heavy (non-hydrogen) atoms. The zero-order valence-corrected chi connectivity index (χ0v) is 14.5. The van der Waals surface area contributed by atoms with Crippen LogP contribution in [-0.4, -0.2) is 33.9 Å². The van der Waals surface area contributed by atoms with Gasteiger partial charge in [0.2, 0.25) is 5.56 Å². The molecule has 0 aliphatic heterocycles. The van der Waals surface area contributed by atoms with Crippen molar-refractivity contribution in [1.82, 2.24) is 10.3 Å². The SMILES string of the molecule is O=C(NCC(O)C(O)c1ccc2c[nH]c(=O)cc2c1)OCc1ccccc1. The van der Waals surface area contributed by atoms with E-state index in [1.807, 2.05) is 30.3 Å². The second kappa shape index (κ2) is 8.48. The van der Waals surface area contributed by atoms with Gasteiger partial charge in [-0.1, -0.05) is 42.5 Å². The number of carbonyl (C=O) groups excluding carboxylic acids is 1. The molecule has 0 spiro atoms. The number of amides is 1. The molecule has 0 aliphatic rings. The van der Waals surface area contributed by atoms with Crippen LogP contribution >= 0.6 is 0 Å². The van der Waals surface area contributed by atoms with Crippen LogP contribution < -0.4 is 10.9 Å². The first-order valence-electron chi connectivity index (χ1n) is 8.46. The highest BCUT2D eigenvalue weighted by atomic mass is 16.5. The minimum Gasteiger partial charge on any atom is -0.445 e. The van der Waals surface area contributed by atoms with E-state index < -0.39 is 18.3 Å². The molecule has 4 N–H and O–H groups in total. The van der Waals surface area contributed by atoms with Crippen LogP contribution in [0.5, 0.6) is 0 Å². The van der Waals surface area contributed by atoms with E-state index in [0.717, 1.165) is 10.9 Å². The third-order valence-corrected chi connectivity index (χ3v) is 4.14. The van der Waals surface area contributed by atoms with E-state index in [9.17, 15) is 19.8 Å². The Morgan fingerprint density at radius 2 is 1.85 bits per heavy atom. The maximum absolute atomic E-state index is 11.7. The molecule has 0 radical (unpaired) electrons. The van der Waals surface area contributed by atoms with Crippen molar-refractivity contribution < 1.29 is 19.7 Å². The zero-order chi connectivity index (χ0) is 19.2. The molecule has 0 saturated carbocycles. The van der Waals surface area contributed by atoms with Crippen molar-refractivity contribution in [3.63, 3.8) is 0 Å². The van der Waals surface area contributed by atoms with Gasteiger partial charge in [0.05, 0.1) is 0 Å². The van der Waals surface area contributed by atoms with Gasteiger partial charge in [0.15, 0.2) is 0 Å². The van der Waals surface area contributed by atoms with E-state index >= 15 is 0 Å². The summed E-state index contributed by atoms with van der Waals surface area (Å²) in [6, 6.07) is 15.6. The van der Waals surface area contributed by atoms with Gasteiger partial charge in [0, 0.05) is 18.8 Å². The van der Waals surface area contributed by atoms with Crippen LogP contribution in [0.15, 0.2) is 65.6 Å². The molecule has 1 heterocycles. The predicted octanol–water partition coefficient (Wildman–Crippen LogP) is 1.85. The van der Waals surface area contributed by atoms with E-state index in [1.54, 1.807) is 24.4 Å². The molecule has 0 aliphatic carbocycles. The van der Waals surface area contributed by atoms with E-state index in [4.69, 9.17) is 4.74 Å². The highest BCUT2D eigenvalue weighted by Crippen LogP contribution is 2.21. The summed E-state index contributed by atoms with van der Waals surface area (Å²) in [7, 11) is 0. The largest absolute Gasteiger partial charge is 0.445 e. The van der Waals surface area contributed by atoms with Gasteiger partial charge in [-0.15, -0.1) is 0 Å². The Hall–Kier alpha value is -3.16. The van der Waals surface area contributed by atoms with Crippen molar-refractivity contribution in [3.05, 3.63) is 82.3 Å². The van der Waals surface area contributed by atoms with E-state index in [0.29, 0.717) is 10.9 Å². The van der Waals surface area contributed by atoms with Crippen LogP contribution in [0.4, 0.5) is 4.79 Å². The standard InChI is InChI=1S/C20H20N2O5/c23-17(11-22-20(26)27-12-13-4-2-1-3-5-13)19(25)14-6-7-15-10-21-18(24)9-16(15)8-14/h1-10,17,19,23,25H,11-12H2,(H,21,24)(H,22,26). The quantitative estimate of drug-likeness (QED) is 0.531. The van der Waals surface area contributed by atoms with Crippen molar-refractivity contribution in [1.29, 1.82) is 0 Å². The zero-order valence-electron chi connectivity index (χ0n) is 14.5. The number of pyridine rings is 1. The third kappa shape index (κ3) is 4.93. The van der Waals surface area contributed by atoms with Gasteiger partial charge in [-0.25, -0.2) is 4.79 Å². The fraction of sp³-hybridized carbons (Fsp3) is 0.200. The van der Waals surface area contributed by atoms with Crippen molar-refractivity contribution in [2.75, 3.05) is 6.54 Å². The summed E-state index contributed by atoms with van der Waals surface area (Å²) >= 11 is 0. The second-order valence-electron chi connectivity index (χ2n) is 6.14. The Kier molecular flexibility index (Phi) is 5.85. The van der Waals surface area contributed by atoms with Gasteiger partial charge in [-0.2, -0.15) is 0 Å². The molecular formula is C20H20N2O5. The monoisotopic (exact) mass is 368 g/mol. The molecule has 0 bridgehead atoms. The normalized spacial score (nSPS) is 13.1. The Morgan fingerprint density at radius 3 is 2.63 bits per heavy atom. The highest BCUT2D eigenvalue weighted by molar-refractivity contribution is 5.82. The molecule has 0 fully saturated rings. The van der Waals surface area contributed by atoms with E-state index in [-0.39, 0.29) is 18.7 Å². The van der Waals surface area contributed by atoms with Gasteiger partial charge in [-0.3, -0.25) is 4.79 Å². The molecule has 7 heteroatoms. The maximum Gasteiger partial charge on any atom is 0.407 e. The summed E-state index contributed by atoms with van der Waals surface area (Å²) in [4.78, 5) is 25.7. The molecule has 3 rings (SSSR count). The number of carbonyl (C=O) groups is 1. The minimum atomic E-state index is -1.23. The number of aliphatic hydroxyl groups excluding tert-OH is 2. The molecule has 140 valence electrons. The van der Waals surface area contributed by atoms with Crippen molar-refractivity contribution in [2.24, 2.45) is 0 Å². The molecule has 1 amide bonds. The summed E-state index contributed by atoms with van der Waals surface area (Å²) in [6.07, 6.45) is -1.55. The Bertz CT molecular complexity index is 971. The number of alkyl carbamates (subject to hydrolysis) is 1. The summed E-state index contributed by atoms with van der Waals surface area (Å²) in [6.45, 7) is -0.0628. The average Bonchev–Trinajstić information content (AvgIpc) is 2.70. The van der Waals surface area contributed by atoms with Crippen molar-refractivity contribution >= 4 is 16.9 Å². The fourth-order valence-corrected chi connectivity index (χ4v) is 2.66. The van der Waals surface area contributed by atoms with Gasteiger partial charge in [0.25, 0.3) is 0 Å². The summed E-state index contributed by atoms with van der Waals surface area (Å²) < 4.78 is 5.05. The number of ether oxygens (including phenoxy) is 1. The first kappa shape index (κ1) is 18.6. The molecule has 2 aromatic carbocycles. The lowest BCUT2D eigenvalue weighted by atomic mass is 10.0. The van der Waals surface area contributed by atoms with Crippen LogP contribution in [-0.2, 0) is 11.3 Å². The second-order valence-corrected chi connectivity index (χ2v) is 6.14. The summed E-state index contributed by atoms with van der Waals surface area (Å²) in [5.74, 6) is 0. The third-order valence-electron chi connectivity index (χ3n) is 4.14. The van der Waals surface area contributed by atoms with Crippen LogP contribution in [0.25, 0.3) is 10.8 Å². The summed E-state index contributed by atoms with van der Waals surface area (Å²) in [5.41, 5.74) is 1.04. The first-order chi connectivity index (χ1) is 13.0. The number of fused-ring (bicyclic) bond motifs is 1. The van der Waals surface area contributed by atoms with Crippen molar-refractivity contribution in [2.45, 2.75) is 18.8 Å². The van der Waals surface area contributed by atoms with Crippen molar-refractivity contribution in [3.8, 4) is 0 Å². The van der Waals surface area contributed by atoms with Crippen LogP contribution in [0.3, 0.4) is 0 Å². The van der Waals surface area contributed by atoms with Gasteiger partial charge >= 0.3 is 6.09 Å². The van der Waals surface area contributed by atoms with Crippen LogP contribution in [0.2, 0.25) is 0 Å². The highest BCUT2D eigenvalue weighted by Gasteiger charge is 2.19. The predicted molar refractivity (Wildman–Crippen MR) is 100 cm³/mol. The number of aromatic nitrogens is 1. The van der Waals surface area contributed by atoms with Gasteiger partial charge in [0.1, 0.15) is 18.8 Å². The van der Waals surface area contributed by atoms with E-state index in [2.05, 4.69) is 10.3 Å². The molecule has 2 atom stereocenters. The average molecular weight is 368 g/mol.